The number of esters is 1. The number of ether oxygens (including phenoxy) is 1. The Morgan fingerprint density at radius 2 is 1.92 bits per heavy atom. The highest BCUT2D eigenvalue weighted by atomic mass is 35.5. The van der Waals surface area contributed by atoms with Crippen LogP contribution in [0.4, 0.5) is 0 Å². The molecular formula is C28H22Cl2N2O4S2. The van der Waals surface area contributed by atoms with Gasteiger partial charge in [-0.3, -0.25) is 9.36 Å². The molecule has 38 heavy (non-hydrogen) atoms. The van der Waals surface area contributed by atoms with Gasteiger partial charge in [0.1, 0.15) is 11.5 Å². The summed E-state index contributed by atoms with van der Waals surface area (Å²) in [5.74, 6) is 0.604. The first-order chi connectivity index (χ1) is 18.3. The summed E-state index contributed by atoms with van der Waals surface area (Å²) in [4.78, 5) is 33.0. The normalized spacial score (nSPS) is 15.4. The second-order valence-electron chi connectivity index (χ2n) is 8.41. The van der Waals surface area contributed by atoms with Crippen LogP contribution in [0.25, 0.3) is 17.4 Å². The molecule has 0 spiro atoms. The number of allylic oxidation sites excluding steroid dienone is 1. The maximum Gasteiger partial charge on any atom is 0.338 e. The Balaban J connectivity index is 1.62. The number of rotatable bonds is 6. The molecule has 0 bridgehead atoms. The number of halogens is 2. The van der Waals surface area contributed by atoms with E-state index < -0.39 is 12.0 Å². The molecule has 0 saturated carbocycles. The highest BCUT2D eigenvalue weighted by molar-refractivity contribution is 7.98. The number of aromatic nitrogens is 1. The van der Waals surface area contributed by atoms with Crippen molar-refractivity contribution in [3.05, 3.63) is 107 Å². The maximum absolute atomic E-state index is 13.7. The molecule has 4 aromatic rings. The number of thiazole rings is 1. The van der Waals surface area contributed by atoms with Crippen LogP contribution in [0.1, 0.15) is 31.2 Å². The predicted octanol–water partition coefficient (Wildman–Crippen LogP) is 6.09. The van der Waals surface area contributed by atoms with Crippen molar-refractivity contribution in [2.75, 3.05) is 12.9 Å². The first kappa shape index (κ1) is 26.6. The number of nitrogens with zero attached hydrogens (tertiary/aromatic N) is 2. The van der Waals surface area contributed by atoms with Gasteiger partial charge in [-0.05, 0) is 68.1 Å². The zero-order valence-corrected chi connectivity index (χ0v) is 23.8. The Kier molecular flexibility index (Phi) is 7.68. The number of fused-ring (bicyclic) bond motifs is 1. The van der Waals surface area contributed by atoms with Gasteiger partial charge < -0.3 is 9.15 Å². The zero-order chi connectivity index (χ0) is 27.0. The van der Waals surface area contributed by atoms with E-state index in [1.54, 1.807) is 54.5 Å². The molecule has 5 rings (SSSR count). The van der Waals surface area contributed by atoms with Gasteiger partial charge in [0.2, 0.25) is 0 Å². The number of thioether (sulfide) groups is 1. The summed E-state index contributed by atoms with van der Waals surface area (Å²) in [5, 5.41) is 0.882. The summed E-state index contributed by atoms with van der Waals surface area (Å²) < 4.78 is 13.3. The Labute approximate surface area is 236 Å². The Hall–Kier alpha value is -3.04. The zero-order valence-electron chi connectivity index (χ0n) is 20.7. The first-order valence-corrected chi connectivity index (χ1v) is 14.5. The minimum absolute atomic E-state index is 0.220. The molecule has 6 nitrogen and oxygen atoms in total. The lowest BCUT2D eigenvalue weighted by Crippen LogP contribution is -2.39. The highest BCUT2D eigenvalue weighted by Gasteiger charge is 2.33. The van der Waals surface area contributed by atoms with Crippen molar-refractivity contribution in [1.82, 2.24) is 4.57 Å². The molecule has 2 aromatic heterocycles. The molecule has 194 valence electrons. The Morgan fingerprint density at radius 3 is 2.61 bits per heavy atom. The third-order valence-corrected chi connectivity index (χ3v) is 8.52. The molecule has 2 aromatic carbocycles. The van der Waals surface area contributed by atoms with Crippen molar-refractivity contribution in [2.45, 2.75) is 24.8 Å². The van der Waals surface area contributed by atoms with Crippen molar-refractivity contribution in [1.29, 1.82) is 0 Å². The third-order valence-electron chi connectivity index (χ3n) is 6.05. The number of carbonyl (C=O) groups excluding carboxylic acids is 1. The summed E-state index contributed by atoms with van der Waals surface area (Å²) in [5.41, 5.74) is 2.17. The number of hydrogen-bond acceptors (Lipinski definition) is 7. The van der Waals surface area contributed by atoms with Gasteiger partial charge >= 0.3 is 5.97 Å². The minimum Gasteiger partial charge on any atom is -0.463 e. The second-order valence-corrected chi connectivity index (χ2v) is 11.1. The first-order valence-electron chi connectivity index (χ1n) is 11.7. The molecule has 0 fully saturated rings. The van der Waals surface area contributed by atoms with Crippen LogP contribution in [0.3, 0.4) is 0 Å². The summed E-state index contributed by atoms with van der Waals surface area (Å²) in [6.45, 7) is 3.74. The smallest absolute Gasteiger partial charge is 0.338 e. The fourth-order valence-electron chi connectivity index (χ4n) is 4.26. The van der Waals surface area contributed by atoms with E-state index in [0.717, 1.165) is 16.0 Å². The molecule has 0 aliphatic carbocycles. The summed E-state index contributed by atoms with van der Waals surface area (Å²) >= 11 is 15.0. The summed E-state index contributed by atoms with van der Waals surface area (Å²) in [6, 6.07) is 16.0. The second kappa shape index (κ2) is 11.0. The third kappa shape index (κ3) is 5.01. The highest BCUT2D eigenvalue weighted by Crippen LogP contribution is 2.32. The standard InChI is InChI=1S/C28H22Cl2N2O4S2/c1-4-35-27(34)24-15(2)31-28-32(25(24)16-5-9-19(37-3)10-6-16)26(33)23(38-28)14-18-8-12-22(36-18)17-7-11-20(29)21(30)13-17/h5-14,25H,4H2,1-3H3/b23-14-/t25-/m1/s1. The lowest BCUT2D eigenvalue weighted by molar-refractivity contribution is -0.139. The van der Waals surface area contributed by atoms with Crippen molar-refractivity contribution in [3.63, 3.8) is 0 Å². The monoisotopic (exact) mass is 584 g/mol. The van der Waals surface area contributed by atoms with Crippen molar-refractivity contribution in [3.8, 4) is 11.3 Å². The Bertz CT molecular complexity index is 1750. The SMILES string of the molecule is CCOC(=O)C1=C(C)N=c2s/c(=C\c3ccc(-c4ccc(Cl)c(Cl)c4)o3)c(=O)n2[C@@H]1c1ccc(SC)cc1. The molecule has 0 unspecified atom stereocenters. The maximum atomic E-state index is 13.7. The Morgan fingerprint density at radius 1 is 1.16 bits per heavy atom. The molecule has 0 radical (unpaired) electrons. The number of hydrogen-bond donors (Lipinski definition) is 0. The number of benzene rings is 2. The largest absolute Gasteiger partial charge is 0.463 e. The van der Waals surface area contributed by atoms with Gasteiger partial charge in [0.25, 0.3) is 5.56 Å². The van der Waals surface area contributed by atoms with E-state index in [1.807, 2.05) is 42.7 Å². The van der Waals surface area contributed by atoms with Gasteiger partial charge in [-0.25, -0.2) is 9.79 Å². The average molecular weight is 586 g/mol. The van der Waals surface area contributed by atoms with Gasteiger partial charge in [0.05, 0.1) is 38.5 Å². The fourth-order valence-corrected chi connectivity index (χ4v) is 5.99. The number of carbonyl (C=O) groups is 1. The van der Waals surface area contributed by atoms with Crippen LogP contribution in [0.15, 0.2) is 85.0 Å². The lowest BCUT2D eigenvalue weighted by atomic mass is 9.96. The van der Waals surface area contributed by atoms with E-state index in [0.29, 0.717) is 42.2 Å². The molecule has 0 saturated heterocycles. The minimum atomic E-state index is -0.660. The summed E-state index contributed by atoms with van der Waals surface area (Å²) in [6.07, 6.45) is 3.68. The van der Waals surface area contributed by atoms with Crippen LogP contribution in [0.5, 0.6) is 0 Å². The van der Waals surface area contributed by atoms with Gasteiger partial charge in [-0.1, -0.05) is 46.7 Å². The number of furan rings is 1. The van der Waals surface area contributed by atoms with Crippen LogP contribution in [0.2, 0.25) is 10.0 Å². The summed E-state index contributed by atoms with van der Waals surface area (Å²) in [7, 11) is 0. The van der Waals surface area contributed by atoms with E-state index in [-0.39, 0.29) is 12.2 Å². The van der Waals surface area contributed by atoms with Crippen LogP contribution in [-0.4, -0.2) is 23.4 Å². The van der Waals surface area contributed by atoms with Gasteiger partial charge in [-0.2, -0.15) is 0 Å². The van der Waals surface area contributed by atoms with Crippen molar-refractivity contribution >= 4 is 58.3 Å². The van der Waals surface area contributed by atoms with E-state index in [9.17, 15) is 9.59 Å². The molecule has 0 N–H and O–H groups in total. The van der Waals surface area contributed by atoms with Gasteiger partial charge in [0, 0.05) is 16.5 Å². The van der Waals surface area contributed by atoms with E-state index in [2.05, 4.69) is 4.99 Å². The molecule has 0 amide bonds. The molecule has 1 atom stereocenters. The van der Waals surface area contributed by atoms with Crippen LogP contribution >= 0.6 is 46.3 Å². The topological polar surface area (TPSA) is 73.8 Å². The average Bonchev–Trinajstić information content (AvgIpc) is 3.49. The lowest BCUT2D eigenvalue weighted by Gasteiger charge is -2.24. The van der Waals surface area contributed by atoms with E-state index in [1.165, 1.54) is 11.3 Å². The van der Waals surface area contributed by atoms with Gasteiger partial charge in [-0.15, -0.1) is 11.8 Å². The molecule has 10 heteroatoms. The van der Waals surface area contributed by atoms with Crippen LogP contribution in [0, 0.1) is 0 Å². The van der Waals surface area contributed by atoms with Crippen LogP contribution in [-0.2, 0) is 9.53 Å². The fraction of sp³-hybridized carbons (Fsp3) is 0.179. The van der Waals surface area contributed by atoms with Crippen molar-refractivity contribution < 1.29 is 13.9 Å². The quantitative estimate of drug-likeness (QED) is 0.202. The van der Waals surface area contributed by atoms with Gasteiger partial charge in [0.15, 0.2) is 4.80 Å². The van der Waals surface area contributed by atoms with Crippen LogP contribution < -0.4 is 14.9 Å². The molecule has 3 heterocycles. The van der Waals surface area contributed by atoms with Crippen molar-refractivity contribution in [2.24, 2.45) is 4.99 Å². The van der Waals surface area contributed by atoms with E-state index >= 15 is 0 Å². The molecular weight excluding hydrogens is 563 g/mol. The predicted molar refractivity (Wildman–Crippen MR) is 153 cm³/mol. The molecule has 1 aliphatic rings. The molecule has 1 aliphatic heterocycles. The van der Waals surface area contributed by atoms with E-state index in [4.69, 9.17) is 32.4 Å².